The fourth-order valence-corrected chi connectivity index (χ4v) is 5.99. The minimum absolute atomic E-state index is 0.0434. The summed E-state index contributed by atoms with van der Waals surface area (Å²) in [6.07, 6.45) is 1.07. The molecule has 0 saturated carbocycles. The number of benzene rings is 2. The maximum Gasteiger partial charge on any atom is 0.227 e. The van der Waals surface area contributed by atoms with E-state index in [1.165, 1.54) is 4.31 Å². The zero-order valence-electron chi connectivity index (χ0n) is 20.0. The molecule has 1 unspecified atom stereocenters. The van der Waals surface area contributed by atoms with Crippen molar-refractivity contribution in [2.45, 2.75) is 25.8 Å². The van der Waals surface area contributed by atoms with E-state index >= 15 is 0 Å². The van der Waals surface area contributed by atoms with Crippen LogP contribution in [-0.4, -0.2) is 64.1 Å². The molecular formula is C25H31N3O6S. The van der Waals surface area contributed by atoms with Crippen LogP contribution in [0.2, 0.25) is 0 Å². The summed E-state index contributed by atoms with van der Waals surface area (Å²) in [6, 6.07) is 12.9. The van der Waals surface area contributed by atoms with E-state index in [0.29, 0.717) is 37.4 Å². The number of nitrogens with zero attached hydrogens (tertiary/aromatic N) is 2. The molecule has 0 aliphatic carbocycles. The number of nitrogens with one attached hydrogen (secondary N) is 1. The second-order valence-corrected chi connectivity index (χ2v) is 10.9. The minimum atomic E-state index is -3.44. The predicted molar refractivity (Wildman–Crippen MR) is 132 cm³/mol. The summed E-state index contributed by atoms with van der Waals surface area (Å²) in [5.41, 5.74) is 2.79. The highest BCUT2D eigenvalue weighted by Crippen LogP contribution is 2.28. The third kappa shape index (κ3) is 5.76. The second-order valence-electron chi connectivity index (χ2n) is 8.79. The Bertz CT molecular complexity index is 1200. The minimum Gasteiger partial charge on any atom is -0.497 e. The van der Waals surface area contributed by atoms with Crippen LogP contribution >= 0.6 is 0 Å². The predicted octanol–water partition coefficient (Wildman–Crippen LogP) is 1.95. The summed E-state index contributed by atoms with van der Waals surface area (Å²) < 4.78 is 37.6. The first-order valence-corrected chi connectivity index (χ1v) is 13.3. The molecule has 0 radical (unpaired) electrons. The molecule has 4 rings (SSSR count). The van der Waals surface area contributed by atoms with Crippen LogP contribution in [0.25, 0.3) is 0 Å². The van der Waals surface area contributed by atoms with E-state index in [2.05, 4.69) is 5.32 Å². The lowest BCUT2D eigenvalue weighted by Gasteiger charge is -2.28. The van der Waals surface area contributed by atoms with E-state index in [1.807, 2.05) is 18.2 Å². The van der Waals surface area contributed by atoms with Crippen LogP contribution in [0.15, 0.2) is 42.5 Å². The summed E-state index contributed by atoms with van der Waals surface area (Å²) in [5, 5.41) is 2.80. The van der Waals surface area contributed by atoms with Crippen LogP contribution in [-0.2, 0) is 32.6 Å². The highest BCUT2D eigenvalue weighted by atomic mass is 32.2. The summed E-state index contributed by atoms with van der Waals surface area (Å²) >= 11 is 0. The largest absolute Gasteiger partial charge is 0.497 e. The molecule has 10 heteroatoms. The maximum absolute atomic E-state index is 12.8. The number of amides is 2. The van der Waals surface area contributed by atoms with Crippen molar-refractivity contribution in [3.63, 3.8) is 0 Å². The monoisotopic (exact) mass is 501 g/mol. The molecule has 1 fully saturated rings. The highest BCUT2D eigenvalue weighted by molar-refractivity contribution is 7.89. The Balaban J connectivity index is 1.25. The summed E-state index contributed by atoms with van der Waals surface area (Å²) in [5.74, 6) is 0.540. The van der Waals surface area contributed by atoms with Gasteiger partial charge in [-0.15, -0.1) is 0 Å². The van der Waals surface area contributed by atoms with Crippen molar-refractivity contribution in [3.8, 4) is 11.5 Å². The molecule has 35 heavy (non-hydrogen) atoms. The Morgan fingerprint density at radius 1 is 1.09 bits per heavy atom. The Morgan fingerprint density at radius 2 is 1.86 bits per heavy atom. The fourth-order valence-electron chi connectivity index (χ4n) is 4.52. The van der Waals surface area contributed by atoms with Gasteiger partial charge in [-0.2, -0.15) is 4.31 Å². The molecule has 2 amide bonds. The first-order chi connectivity index (χ1) is 16.8. The van der Waals surface area contributed by atoms with Crippen molar-refractivity contribution < 1.29 is 27.5 Å². The van der Waals surface area contributed by atoms with E-state index in [1.54, 1.807) is 43.4 Å². The lowest BCUT2D eigenvalue weighted by molar-refractivity contribution is -0.126. The number of carbonyl (C=O) groups excluding carboxylic acids is 2. The van der Waals surface area contributed by atoms with Crippen LogP contribution in [0.4, 0.5) is 5.69 Å². The highest BCUT2D eigenvalue weighted by Gasteiger charge is 2.35. The summed E-state index contributed by atoms with van der Waals surface area (Å²) in [7, 11) is -0.271. The zero-order valence-corrected chi connectivity index (χ0v) is 20.8. The normalized spacial score (nSPS) is 18.3. The van der Waals surface area contributed by atoms with Gasteiger partial charge >= 0.3 is 0 Å². The molecule has 0 aromatic heterocycles. The van der Waals surface area contributed by atoms with E-state index in [0.717, 1.165) is 16.9 Å². The van der Waals surface area contributed by atoms with Crippen molar-refractivity contribution in [1.29, 1.82) is 0 Å². The van der Waals surface area contributed by atoms with Gasteiger partial charge in [0.2, 0.25) is 21.8 Å². The molecule has 2 aliphatic rings. The topological polar surface area (TPSA) is 105 Å². The number of rotatable bonds is 9. The fraction of sp³-hybridized carbons (Fsp3) is 0.440. The number of sulfonamides is 1. The lowest BCUT2D eigenvalue weighted by atomic mass is 10.0. The standard InChI is InChI=1S/C25H31N3O6S/c1-33-22-6-3-5-21(15-22)28-17-20(14-24(28)29)25(30)26-10-4-12-35(31,32)27-11-9-18-13-23(34-2)8-7-19(18)16-27/h3,5-8,13,15,20H,4,9-12,14,16-17H2,1-2H3,(H,26,30). The number of fused-ring (bicyclic) bond motifs is 1. The SMILES string of the molecule is COc1cccc(N2CC(C(=O)NCCCS(=O)(=O)N3CCc4cc(OC)ccc4C3)CC2=O)c1. The Morgan fingerprint density at radius 3 is 2.63 bits per heavy atom. The number of hydrogen-bond donors (Lipinski definition) is 1. The average molecular weight is 502 g/mol. The Labute approximate surface area is 206 Å². The van der Waals surface area contributed by atoms with E-state index < -0.39 is 15.9 Å². The number of carbonyl (C=O) groups is 2. The van der Waals surface area contributed by atoms with Crippen LogP contribution in [0.3, 0.4) is 0 Å². The van der Waals surface area contributed by atoms with Crippen molar-refractivity contribution in [2.75, 3.05) is 44.5 Å². The van der Waals surface area contributed by atoms with Gasteiger partial charge in [0, 0.05) is 44.4 Å². The molecule has 2 heterocycles. The summed E-state index contributed by atoms with van der Waals surface area (Å²) in [6.45, 7) is 1.30. The van der Waals surface area contributed by atoms with Crippen LogP contribution in [0, 0.1) is 5.92 Å². The Kier molecular flexibility index (Phi) is 7.61. The first kappa shape index (κ1) is 25.0. The van der Waals surface area contributed by atoms with Gasteiger partial charge in [0.05, 0.1) is 25.9 Å². The van der Waals surface area contributed by atoms with Crippen LogP contribution in [0.1, 0.15) is 24.0 Å². The molecule has 0 bridgehead atoms. The van der Waals surface area contributed by atoms with Gasteiger partial charge in [0.1, 0.15) is 11.5 Å². The number of methoxy groups -OCH3 is 2. The van der Waals surface area contributed by atoms with Gasteiger partial charge in [-0.05, 0) is 48.2 Å². The number of anilines is 1. The van der Waals surface area contributed by atoms with Gasteiger partial charge in [-0.3, -0.25) is 9.59 Å². The number of ether oxygens (including phenoxy) is 2. The second kappa shape index (κ2) is 10.7. The molecule has 1 atom stereocenters. The molecule has 1 saturated heterocycles. The van der Waals surface area contributed by atoms with Crippen molar-refractivity contribution in [1.82, 2.24) is 9.62 Å². The van der Waals surface area contributed by atoms with Gasteiger partial charge in [0.25, 0.3) is 0 Å². The van der Waals surface area contributed by atoms with Crippen LogP contribution in [0.5, 0.6) is 11.5 Å². The molecule has 188 valence electrons. The third-order valence-corrected chi connectivity index (χ3v) is 8.43. The van der Waals surface area contributed by atoms with Crippen LogP contribution < -0.4 is 19.7 Å². The molecular weight excluding hydrogens is 470 g/mol. The first-order valence-electron chi connectivity index (χ1n) is 11.7. The molecule has 2 aromatic rings. The number of hydrogen-bond acceptors (Lipinski definition) is 6. The van der Waals surface area contributed by atoms with E-state index in [4.69, 9.17) is 9.47 Å². The van der Waals surface area contributed by atoms with E-state index in [9.17, 15) is 18.0 Å². The quantitative estimate of drug-likeness (QED) is 0.527. The van der Waals surface area contributed by atoms with Crippen molar-refractivity contribution in [3.05, 3.63) is 53.6 Å². The summed E-state index contributed by atoms with van der Waals surface area (Å²) in [4.78, 5) is 26.7. The molecule has 9 nitrogen and oxygen atoms in total. The van der Waals surface area contributed by atoms with Crippen molar-refractivity contribution in [2.24, 2.45) is 5.92 Å². The van der Waals surface area contributed by atoms with Gasteiger partial charge in [-0.1, -0.05) is 12.1 Å². The molecule has 0 spiro atoms. The smallest absolute Gasteiger partial charge is 0.227 e. The maximum atomic E-state index is 12.8. The molecule has 2 aliphatic heterocycles. The molecule has 1 N–H and O–H groups in total. The molecule has 2 aromatic carbocycles. The Hall–Kier alpha value is -3.11. The van der Waals surface area contributed by atoms with Crippen molar-refractivity contribution >= 4 is 27.5 Å². The lowest BCUT2D eigenvalue weighted by Crippen LogP contribution is -2.38. The van der Waals surface area contributed by atoms with E-state index in [-0.39, 0.29) is 37.1 Å². The third-order valence-electron chi connectivity index (χ3n) is 6.52. The van der Waals surface area contributed by atoms with Gasteiger partial charge in [-0.25, -0.2) is 8.42 Å². The van der Waals surface area contributed by atoms with Gasteiger partial charge in [0.15, 0.2) is 0 Å². The van der Waals surface area contributed by atoms with Gasteiger partial charge < -0.3 is 19.7 Å². The average Bonchev–Trinajstić information content (AvgIpc) is 3.27. The zero-order chi connectivity index (χ0) is 25.0.